The quantitative estimate of drug-likeness (QED) is 0.635. The maximum Gasteiger partial charge on any atom is 0.165 e. The molecule has 0 aromatic rings. The van der Waals surface area contributed by atoms with E-state index >= 15 is 0 Å². The fourth-order valence-electron chi connectivity index (χ4n) is 1.26. The Morgan fingerprint density at radius 2 is 1.92 bits per heavy atom. The lowest BCUT2D eigenvalue weighted by Gasteiger charge is -2.36. The highest BCUT2D eigenvalue weighted by atomic mass is 16.7. The first-order chi connectivity index (χ1) is 6.02. The Balaban J connectivity index is 2.30. The standard InChI is InChI=1S/C9H18O4/c1-7-5-12-9(2,13-6-7)4-3-8(10)11/h7-8,10-11H,3-6H2,1-2H3. The third kappa shape index (κ3) is 3.60. The predicted octanol–water partition coefficient (Wildman–Crippen LogP) is 0.476. The number of aliphatic hydroxyl groups is 2. The van der Waals surface area contributed by atoms with Gasteiger partial charge in [0.25, 0.3) is 0 Å². The molecule has 0 amide bonds. The zero-order valence-corrected chi connectivity index (χ0v) is 8.19. The van der Waals surface area contributed by atoms with Crippen molar-refractivity contribution in [1.29, 1.82) is 0 Å². The molecule has 0 aromatic carbocycles. The van der Waals surface area contributed by atoms with Gasteiger partial charge in [0.15, 0.2) is 12.1 Å². The normalized spacial score (nSPS) is 35.3. The van der Waals surface area contributed by atoms with E-state index in [1.165, 1.54) is 0 Å². The second-order valence-corrected chi connectivity index (χ2v) is 3.88. The Morgan fingerprint density at radius 1 is 1.38 bits per heavy atom. The first-order valence-corrected chi connectivity index (χ1v) is 4.66. The molecule has 2 N–H and O–H groups in total. The molecule has 1 saturated heterocycles. The van der Waals surface area contributed by atoms with Crippen molar-refractivity contribution in [3.63, 3.8) is 0 Å². The van der Waals surface area contributed by atoms with Gasteiger partial charge >= 0.3 is 0 Å². The molecule has 78 valence electrons. The molecule has 1 aliphatic heterocycles. The van der Waals surface area contributed by atoms with E-state index < -0.39 is 12.1 Å². The third-order valence-corrected chi connectivity index (χ3v) is 2.20. The molecule has 0 bridgehead atoms. The van der Waals surface area contributed by atoms with Crippen LogP contribution >= 0.6 is 0 Å². The van der Waals surface area contributed by atoms with Gasteiger partial charge in [0.05, 0.1) is 13.2 Å². The second-order valence-electron chi connectivity index (χ2n) is 3.88. The van der Waals surface area contributed by atoms with Crippen molar-refractivity contribution in [3.8, 4) is 0 Å². The molecule has 1 fully saturated rings. The summed E-state index contributed by atoms with van der Waals surface area (Å²) in [5.41, 5.74) is 0. The molecule has 4 heteroatoms. The van der Waals surface area contributed by atoms with Crippen molar-refractivity contribution < 1.29 is 19.7 Å². The molecule has 1 rings (SSSR count). The lowest BCUT2D eigenvalue weighted by molar-refractivity contribution is -0.277. The van der Waals surface area contributed by atoms with Crippen LogP contribution in [0.5, 0.6) is 0 Å². The average molecular weight is 190 g/mol. The van der Waals surface area contributed by atoms with Crippen LogP contribution in [0.25, 0.3) is 0 Å². The fraction of sp³-hybridized carbons (Fsp3) is 1.00. The van der Waals surface area contributed by atoms with Crippen LogP contribution in [-0.2, 0) is 9.47 Å². The SMILES string of the molecule is CC1COC(C)(CCC(O)O)OC1. The fourth-order valence-corrected chi connectivity index (χ4v) is 1.26. The number of hydrogen-bond acceptors (Lipinski definition) is 4. The van der Waals surface area contributed by atoms with Crippen molar-refractivity contribution in [2.45, 2.75) is 38.8 Å². The van der Waals surface area contributed by atoms with Gasteiger partial charge in [-0.2, -0.15) is 0 Å². The maximum absolute atomic E-state index is 8.69. The van der Waals surface area contributed by atoms with Crippen LogP contribution in [0.4, 0.5) is 0 Å². The highest BCUT2D eigenvalue weighted by molar-refractivity contribution is 4.69. The lowest BCUT2D eigenvalue weighted by Crippen LogP contribution is -2.41. The van der Waals surface area contributed by atoms with Gasteiger partial charge in [-0.1, -0.05) is 6.92 Å². The number of ether oxygens (including phenoxy) is 2. The topological polar surface area (TPSA) is 58.9 Å². The van der Waals surface area contributed by atoms with E-state index in [4.69, 9.17) is 19.7 Å². The van der Waals surface area contributed by atoms with Crippen LogP contribution < -0.4 is 0 Å². The molecule has 0 saturated carbocycles. The Hall–Kier alpha value is -0.160. The molecule has 1 heterocycles. The molecule has 13 heavy (non-hydrogen) atoms. The molecule has 0 aromatic heterocycles. The highest BCUT2D eigenvalue weighted by Gasteiger charge is 2.31. The van der Waals surface area contributed by atoms with E-state index in [2.05, 4.69) is 6.92 Å². The summed E-state index contributed by atoms with van der Waals surface area (Å²) in [4.78, 5) is 0. The van der Waals surface area contributed by atoms with Gasteiger partial charge in [0, 0.05) is 18.8 Å². The molecule has 0 spiro atoms. The largest absolute Gasteiger partial charge is 0.368 e. The van der Waals surface area contributed by atoms with E-state index in [1.807, 2.05) is 6.92 Å². The summed E-state index contributed by atoms with van der Waals surface area (Å²) in [5.74, 6) is -0.205. The summed E-state index contributed by atoms with van der Waals surface area (Å²) in [6.07, 6.45) is -0.481. The third-order valence-electron chi connectivity index (χ3n) is 2.20. The summed E-state index contributed by atoms with van der Waals surface area (Å²) < 4.78 is 11.0. The van der Waals surface area contributed by atoms with Crippen LogP contribution in [0.3, 0.4) is 0 Å². The Labute approximate surface area is 78.5 Å². The molecule has 0 atom stereocenters. The second kappa shape index (κ2) is 4.37. The summed E-state index contributed by atoms with van der Waals surface area (Å²) >= 11 is 0. The monoisotopic (exact) mass is 190 g/mol. The van der Waals surface area contributed by atoms with Crippen LogP contribution in [0.2, 0.25) is 0 Å². The number of hydrogen-bond donors (Lipinski definition) is 2. The van der Waals surface area contributed by atoms with Crippen LogP contribution in [0.15, 0.2) is 0 Å². The van der Waals surface area contributed by atoms with Gasteiger partial charge in [0.2, 0.25) is 0 Å². The van der Waals surface area contributed by atoms with Crippen molar-refractivity contribution in [1.82, 2.24) is 0 Å². The molecule has 4 nitrogen and oxygen atoms in total. The predicted molar refractivity (Wildman–Crippen MR) is 46.9 cm³/mol. The average Bonchev–Trinajstić information content (AvgIpc) is 2.08. The smallest absolute Gasteiger partial charge is 0.165 e. The van der Waals surface area contributed by atoms with Gasteiger partial charge in [-0.3, -0.25) is 0 Å². The van der Waals surface area contributed by atoms with E-state index in [0.29, 0.717) is 25.6 Å². The molecular weight excluding hydrogens is 172 g/mol. The van der Waals surface area contributed by atoms with Gasteiger partial charge in [-0.15, -0.1) is 0 Å². The summed E-state index contributed by atoms with van der Waals surface area (Å²) in [7, 11) is 0. The zero-order valence-electron chi connectivity index (χ0n) is 8.19. The number of aliphatic hydroxyl groups excluding tert-OH is 1. The van der Waals surface area contributed by atoms with Crippen LogP contribution in [0.1, 0.15) is 26.7 Å². The van der Waals surface area contributed by atoms with E-state index in [-0.39, 0.29) is 6.42 Å². The highest BCUT2D eigenvalue weighted by Crippen LogP contribution is 2.25. The lowest BCUT2D eigenvalue weighted by atomic mass is 10.1. The molecule has 0 radical (unpaired) electrons. The first-order valence-electron chi connectivity index (χ1n) is 4.66. The molecular formula is C9H18O4. The minimum absolute atomic E-state index is 0.283. The summed E-state index contributed by atoms with van der Waals surface area (Å²) in [6.45, 7) is 5.25. The Bertz CT molecular complexity index is 150. The Kier molecular flexibility index (Phi) is 3.67. The van der Waals surface area contributed by atoms with Crippen LogP contribution in [0, 0.1) is 5.92 Å². The summed E-state index contributed by atoms with van der Waals surface area (Å²) in [6, 6.07) is 0. The van der Waals surface area contributed by atoms with Gasteiger partial charge in [0.1, 0.15) is 0 Å². The minimum atomic E-state index is -1.27. The van der Waals surface area contributed by atoms with Gasteiger partial charge < -0.3 is 19.7 Å². The minimum Gasteiger partial charge on any atom is -0.368 e. The van der Waals surface area contributed by atoms with E-state index in [1.54, 1.807) is 0 Å². The maximum atomic E-state index is 8.69. The molecule has 0 unspecified atom stereocenters. The number of rotatable bonds is 3. The van der Waals surface area contributed by atoms with Crippen LogP contribution in [-0.4, -0.2) is 35.5 Å². The van der Waals surface area contributed by atoms with Gasteiger partial charge in [-0.05, 0) is 6.92 Å². The molecule has 0 aliphatic carbocycles. The summed E-state index contributed by atoms with van der Waals surface area (Å²) in [5, 5.41) is 17.4. The van der Waals surface area contributed by atoms with Crippen molar-refractivity contribution >= 4 is 0 Å². The van der Waals surface area contributed by atoms with Crippen molar-refractivity contribution in [3.05, 3.63) is 0 Å². The van der Waals surface area contributed by atoms with Crippen molar-refractivity contribution in [2.24, 2.45) is 5.92 Å². The molecule has 1 aliphatic rings. The van der Waals surface area contributed by atoms with Gasteiger partial charge in [-0.25, -0.2) is 0 Å². The zero-order chi connectivity index (χ0) is 9.90. The Morgan fingerprint density at radius 3 is 2.38 bits per heavy atom. The first kappa shape index (κ1) is 10.9. The van der Waals surface area contributed by atoms with E-state index in [0.717, 1.165) is 0 Å². The van der Waals surface area contributed by atoms with E-state index in [9.17, 15) is 0 Å². The van der Waals surface area contributed by atoms with Crippen molar-refractivity contribution in [2.75, 3.05) is 13.2 Å².